The summed E-state index contributed by atoms with van der Waals surface area (Å²) >= 11 is 0. The minimum absolute atomic E-state index is 0.296. The van der Waals surface area contributed by atoms with Crippen LogP contribution in [0.4, 0.5) is 0 Å². The standard InChI is InChI=1S/C16H24N4O/c21-16(2-1-14-3-6-17-7-4-14)20-10-5-15(13-20)19-11-8-18-9-12-19/h3-4,6-7,15,18H,1-2,5,8-13H2. The molecule has 1 atom stereocenters. The number of nitrogens with one attached hydrogen (secondary N) is 1. The van der Waals surface area contributed by atoms with Crippen LogP contribution < -0.4 is 5.32 Å². The van der Waals surface area contributed by atoms with Crippen LogP contribution in [0.5, 0.6) is 0 Å². The van der Waals surface area contributed by atoms with Crippen LogP contribution in [-0.2, 0) is 11.2 Å². The maximum Gasteiger partial charge on any atom is 0.222 e. The van der Waals surface area contributed by atoms with Crippen molar-refractivity contribution in [2.75, 3.05) is 39.3 Å². The van der Waals surface area contributed by atoms with Crippen molar-refractivity contribution in [1.82, 2.24) is 20.1 Å². The second-order valence-electron chi connectivity index (χ2n) is 5.92. The van der Waals surface area contributed by atoms with Gasteiger partial charge in [-0.25, -0.2) is 0 Å². The first-order chi connectivity index (χ1) is 10.3. The lowest BCUT2D eigenvalue weighted by Crippen LogP contribution is -2.49. The van der Waals surface area contributed by atoms with E-state index in [0.29, 0.717) is 18.4 Å². The molecule has 2 fully saturated rings. The average Bonchev–Trinajstić information content (AvgIpc) is 3.04. The van der Waals surface area contributed by atoms with Crippen molar-refractivity contribution in [3.8, 4) is 0 Å². The second-order valence-corrected chi connectivity index (χ2v) is 5.92. The number of aromatic nitrogens is 1. The highest BCUT2D eigenvalue weighted by Crippen LogP contribution is 2.17. The van der Waals surface area contributed by atoms with Gasteiger partial charge in [-0.05, 0) is 30.5 Å². The quantitative estimate of drug-likeness (QED) is 0.877. The third-order valence-electron chi connectivity index (χ3n) is 4.56. The van der Waals surface area contributed by atoms with Crippen molar-refractivity contribution < 1.29 is 4.79 Å². The minimum Gasteiger partial charge on any atom is -0.341 e. The van der Waals surface area contributed by atoms with Crippen LogP contribution in [0.2, 0.25) is 0 Å². The van der Waals surface area contributed by atoms with Gasteiger partial charge in [0, 0.05) is 64.1 Å². The van der Waals surface area contributed by atoms with Crippen LogP contribution in [0.1, 0.15) is 18.4 Å². The molecule has 21 heavy (non-hydrogen) atoms. The molecular weight excluding hydrogens is 264 g/mol. The largest absolute Gasteiger partial charge is 0.341 e. The Hall–Kier alpha value is -1.46. The Morgan fingerprint density at radius 1 is 1.24 bits per heavy atom. The van der Waals surface area contributed by atoms with E-state index >= 15 is 0 Å². The molecule has 5 nitrogen and oxygen atoms in total. The SMILES string of the molecule is O=C(CCc1ccncc1)N1CCC(N2CCNCC2)C1. The van der Waals surface area contributed by atoms with Crippen molar-refractivity contribution in [3.63, 3.8) is 0 Å². The number of aryl methyl sites for hydroxylation is 1. The lowest BCUT2D eigenvalue weighted by molar-refractivity contribution is -0.130. The highest BCUT2D eigenvalue weighted by Gasteiger charge is 2.30. The lowest BCUT2D eigenvalue weighted by Gasteiger charge is -2.32. The lowest BCUT2D eigenvalue weighted by atomic mass is 10.1. The van der Waals surface area contributed by atoms with Crippen LogP contribution in [-0.4, -0.2) is 66.0 Å². The molecule has 114 valence electrons. The van der Waals surface area contributed by atoms with Gasteiger partial charge in [0.25, 0.3) is 0 Å². The molecule has 5 heteroatoms. The second kappa shape index (κ2) is 7.00. The Morgan fingerprint density at radius 2 is 2.00 bits per heavy atom. The van der Waals surface area contributed by atoms with Crippen molar-refractivity contribution >= 4 is 5.91 Å². The third kappa shape index (κ3) is 3.80. The molecule has 0 bridgehead atoms. The molecule has 0 saturated carbocycles. The molecule has 1 unspecified atom stereocenters. The van der Waals surface area contributed by atoms with E-state index < -0.39 is 0 Å². The fourth-order valence-corrected chi connectivity index (χ4v) is 3.27. The summed E-state index contributed by atoms with van der Waals surface area (Å²) in [5.41, 5.74) is 1.19. The number of likely N-dealkylation sites (tertiary alicyclic amines) is 1. The summed E-state index contributed by atoms with van der Waals surface area (Å²) in [6.45, 7) is 6.21. The number of carbonyl (C=O) groups is 1. The number of hydrogen-bond acceptors (Lipinski definition) is 4. The molecule has 1 amide bonds. The molecule has 2 saturated heterocycles. The Kier molecular flexibility index (Phi) is 4.83. The van der Waals surface area contributed by atoms with E-state index in [4.69, 9.17) is 0 Å². The number of nitrogens with zero attached hydrogens (tertiary/aromatic N) is 3. The first-order valence-electron chi connectivity index (χ1n) is 7.94. The fourth-order valence-electron chi connectivity index (χ4n) is 3.27. The molecule has 0 spiro atoms. The fraction of sp³-hybridized carbons (Fsp3) is 0.625. The molecular formula is C16H24N4O. The van der Waals surface area contributed by atoms with Crippen LogP contribution in [0, 0.1) is 0 Å². The number of carbonyl (C=O) groups excluding carboxylic acids is 1. The van der Waals surface area contributed by atoms with Gasteiger partial charge in [0.05, 0.1) is 0 Å². The van der Waals surface area contributed by atoms with E-state index in [1.54, 1.807) is 12.4 Å². The zero-order valence-corrected chi connectivity index (χ0v) is 12.5. The zero-order chi connectivity index (χ0) is 14.5. The topological polar surface area (TPSA) is 48.5 Å². The minimum atomic E-state index is 0.296. The molecule has 3 heterocycles. The van der Waals surface area contributed by atoms with Crippen molar-refractivity contribution in [3.05, 3.63) is 30.1 Å². The van der Waals surface area contributed by atoms with Crippen LogP contribution >= 0.6 is 0 Å². The van der Waals surface area contributed by atoms with Gasteiger partial charge in [-0.3, -0.25) is 14.7 Å². The Labute approximate surface area is 126 Å². The molecule has 0 aromatic carbocycles. The summed E-state index contributed by atoms with van der Waals surface area (Å²) in [6.07, 6.45) is 6.13. The molecule has 3 rings (SSSR count). The first kappa shape index (κ1) is 14.5. The van der Waals surface area contributed by atoms with Gasteiger partial charge in [-0.1, -0.05) is 0 Å². The normalized spacial score (nSPS) is 23.4. The maximum atomic E-state index is 12.3. The number of rotatable bonds is 4. The molecule has 1 N–H and O–H groups in total. The highest BCUT2D eigenvalue weighted by atomic mass is 16.2. The summed E-state index contributed by atoms with van der Waals surface area (Å²) in [4.78, 5) is 20.9. The summed E-state index contributed by atoms with van der Waals surface area (Å²) in [5, 5.41) is 3.38. The highest BCUT2D eigenvalue weighted by molar-refractivity contribution is 5.76. The zero-order valence-electron chi connectivity index (χ0n) is 12.5. The van der Waals surface area contributed by atoms with E-state index in [2.05, 4.69) is 15.2 Å². The maximum absolute atomic E-state index is 12.3. The van der Waals surface area contributed by atoms with E-state index in [9.17, 15) is 4.79 Å². The van der Waals surface area contributed by atoms with Crippen molar-refractivity contribution in [1.29, 1.82) is 0 Å². The van der Waals surface area contributed by atoms with Gasteiger partial charge < -0.3 is 10.2 Å². The number of amides is 1. The van der Waals surface area contributed by atoms with Gasteiger partial charge in [0.15, 0.2) is 0 Å². The van der Waals surface area contributed by atoms with Crippen LogP contribution in [0.25, 0.3) is 0 Å². The molecule has 0 radical (unpaired) electrons. The molecule has 1 aromatic heterocycles. The van der Waals surface area contributed by atoms with E-state index in [-0.39, 0.29) is 0 Å². The number of piperazine rings is 1. The number of hydrogen-bond donors (Lipinski definition) is 1. The predicted octanol–water partition coefficient (Wildman–Crippen LogP) is 0.520. The van der Waals surface area contributed by atoms with Crippen molar-refractivity contribution in [2.24, 2.45) is 0 Å². The molecule has 2 aliphatic rings. The average molecular weight is 288 g/mol. The predicted molar refractivity (Wildman–Crippen MR) is 82.0 cm³/mol. The van der Waals surface area contributed by atoms with E-state index in [1.807, 2.05) is 17.0 Å². The van der Waals surface area contributed by atoms with Gasteiger partial charge in [-0.15, -0.1) is 0 Å². The Bertz CT molecular complexity index is 459. The van der Waals surface area contributed by atoms with Gasteiger partial charge in [0.1, 0.15) is 0 Å². The smallest absolute Gasteiger partial charge is 0.222 e. The molecule has 1 aromatic rings. The summed E-state index contributed by atoms with van der Waals surface area (Å²) < 4.78 is 0. The third-order valence-corrected chi connectivity index (χ3v) is 4.56. The first-order valence-corrected chi connectivity index (χ1v) is 7.94. The van der Waals surface area contributed by atoms with E-state index in [0.717, 1.165) is 52.1 Å². The summed E-state index contributed by atoms with van der Waals surface area (Å²) in [7, 11) is 0. The van der Waals surface area contributed by atoms with Crippen molar-refractivity contribution in [2.45, 2.75) is 25.3 Å². The summed E-state index contributed by atoms with van der Waals surface area (Å²) in [6, 6.07) is 4.54. The van der Waals surface area contributed by atoms with Crippen LogP contribution in [0.3, 0.4) is 0 Å². The van der Waals surface area contributed by atoms with Gasteiger partial charge in [-0.2, -0.15) is 0 Å². The number of pyridine rings is 1. The van der Waals surface area contributed by atoms with Gasteiger partial charge >= 0.3 is 0 Å². The monoisotopic (exact) mass is 288 g/mol. The molecule has 2 aliphatic heterocycles. The van der Waals surface area contributed by atoms with E-state index in [1.165, 1.54) is 5.56 Å². The van der Waals surface area contributed by atoms with Gasteiger partial charge in [0.2, 0.25) is 5.91 Å². The van der Waals surface area contributed by atoms with Crippen LogP contribution in [0.15, 0.2) is 24.5 Å². The Balaban J connectivity index is 1.45. The summed E-state index contributed by atoms with van der Waals surface area (Å²) in [5.74, 6) is 0.296. The Morgan fingerprint density at radius 3 is 2.76 bits per heavy atom. The molecule has 0 aliphatic carbocycles.